The number of amides is 5. The Kier molecular flexibility index (Phi) is 14.9. The molecule has 17 heteroatoms. The van der Waals surface area contributed by atoms with Crippen LogP contribution in [0.1, 0.15) is 85.5 Å². The standard InChI is InChI=1S/C39H52N8O9/c1-21(2)26-18-27(44-39(40)43-26)38(53)47-16-9-8-15-41-35(50)24-13-14-30(55-7)31(17-24)56-29-12-10-11-28(54-6)25(29)19-42-36(51)33(22(3)4)46-37(52)34(23(5)48)45-32(49)20-47/h10-14,17-18,21-23,33-34,48H,8-9,15-16,19-20H2,1-7H3,(H,41,50)(H,42,51)(H,45,49)(H,46,52)(H2,40,43,44)/t23-,33-,34+/m1/s1. The first-order valence-corrected chi connectivity index (χ1v) is 18.4. The molecule has 7 N–H and O–H groups in total. The molecule has 17 nitrogen and oxygen atoms in total. The van der Waals surface area contributed by atoms with E-state index in [2.05, 4.69) is 31.2 Å². The average molecular weight is 777 g/mol. The molecule has 0 radical (unpaired) electrons. The number of hydrogen-bond donors (Lipinski definition) is 6. The van der Waals surface area contributed by atoms with Crippen molar-refractivity contribution in [1.82, 2.24) is 36.1 Å². The van der Waals surface area contributed by atoms with Crippen LogP contribution >= 0.6 is 0 Å². The molecular weight excluding hydrogens is 724 g/mol. The number of aliphatic hydroxyl groups is 1. The van der Waals surface area contributed by atoms with Gasteiger partial charge < -0.3 is 51.2 Å². The molecular formula is C39H52N8O9. The van der Waals surface area contributed by atoms with Gasteiger partial charge in [0.05, 0.1) is 39.0 Å². The third-order valence-corrected chi connectivity index (χ3v) is 9.06. The normalized spacial score (nSPS) is 18.4. The van der Waals surface area contributed by atoms with E-state index >= 15 is 0 Å². The van der Waals surface area contributed by atoms with E-state index in [1.807, 2.05) is 13.8 Å². The van der Waals surface area contributed by atoms with Gasteiger partial charge in [0.25, 0.3) is 11.8 Å². The molecule has 0 saturated carbocycles. The summed E-state index contributed by atoms with van der Waals surface area (Å²) in [5.74, 6) is -2.42. The summed E-state index contributed by atoms with van der Waals surface area (Å²) in [6.07, 6.45) is -0.600. The van der Waals surface area contributed by atoms with E-state index in [1.54, 1.807) is 44.2 Å². The number of benzene rings is 2. The van der Waals surface area contributed by atoms with E-state index in [-0.39, 0.29) is 54.4 Å². The molecule has 0 saturated heterocycles. The second-order valence-corrected chi connectivity index (χ2v) is 14.0. The van der Waals surface area contributed by atoms with Gasteiger partial charge in [-0.1, -0.05) is 33.8 Å². The lowest BCUT2D eigenvalue weighted by molar-refractivity contribution is -0.135. The molecule has 5 amide bonds. The van der Waals surface area contributed by atoms with E-state index < -0.39 is 54.3 Å². The highest BCUT2D eigenvalue weighted by Gasteiger charge is 2.32. The fourth-order valence-electron chi connectivity index (χ4n) is 5.92. The number of ether oxygens (including phenoxy) is 3. The molecule has 3 aromatic rings. The van der Waals surface area contributed by atoms with Crippen molar-refractivity contribution in [2.24, 2.45) is 5.92 Å². The number of methoxy groups -OCH3 is 2. The molecule has 0 unspecified atom stereocenters. The number of aliphatic hydroxyl groups excluding tert-OH is 1. The predicted molar refractivity (Wildman–Crippen MR) is 206 cm³/mol. The summed E-state index contributed by atoms with van der Waals surface area (Å²) in [6.45, 7) is 8.25. The quantitative estimate of drug-likeness (QED) is 0.212. The SMILES string of the molecule is COc1ccc2cc1Oc1cccc(OC)c1CNC(=O)[C@@H](C(C)C)NC(=O)[C@H]([C@@H](C)O)NC(=O)CN(C(=O)c1cc(C(C)C)nc(N)n1)CCCCNC2=O. The van der Waals surface area contributed by atoms with Gasteiger partial charge in [0.1, 0.15) is 29.3 Å². The van der Waals surface area contributed by atoms with Crippen LogP contribution in [0.15, 0.2) is 42.5 Å². The minimum absolute atomic E-state index is 0.0208. The summed E-state index contributed by atoms with van der Waals surface area (Å²) in [6, 6.07) is 8.74. The number of carbonyl (C=O) groups is 5. The van der Waals surface area contributed by atoms with Gasteiger partial charge in [-0.25, -0.2) is 9.97 Å². The molecule has 0 fully saturated rings. The number of nitrogens with two attached hydrogens (primary N) is 1. The first kappa shape index (κ1) is 42.8. The fourth-order valence-corrected chi connectivity index (χ4v) is 5.92. The van der Waals surface area contributed by atoms with Crippen molar-refractivity contribution >= 4 is 35.5 Å². The smallest absolute Gasteiger partial charge is 0.273 e. The van der Waals surface area contributed by atoms with Gasteiger partial charge in [-0.15, -0.1) is 0 Å². The van der Waals surface area contributed by atoms with E-state index in [0.29, 0.717) is 41.3 Å². The van der Waals surface area contributed by atoms with E-state index in [0.717, 1.165) is 0 Å². The lowest BCUT2D eigenvalue weighted by Crippen LogP contribution is -2.59. The van der Waals surface area contributed by atoms with Gasteiger partial charge in [0.2, 0.25) is 23.7 Å². The second-order valence-electron chi connectivity index (χ2n) is 14.0. The minimum atomic E-state index is -1.48. The lowest BCUT2D eigenvalue weighted by Gasteiger charge is -2.28. The third-order valence-electron chi connectivity index (χ3n) is 9.06. The Morgan fingerprint density at radius 2 is 1.62 bits per heavy atom. The number of nitrogen functional groups attached to an aromatic ring is 1. The number of hydrogen-bond acceptors (Lipinski definition) is 12. The average Bonchev–Trinajstić information content (AvgIpc) is 3.16. The zero-order chi connectivity index (χ0) is 41.1. The summed E-state index contributed by atoms with van der Waals surface area (Å²) in [5, 5.41) is 21.5. The molecule has 4 rings (SSSR count). The number of rotatable bonds is 6. The van der Waals surface area contributed by atoms with Gasteiger partial charge in [0.15, 0.2) is 11.5 Å². The number of fused-ring (bicyclic) bond motifs is 3. The number of anilines is 1. The van der Waals surface area contributed by atoms with Crippen molar-refractivity contribution in [3.8, 4) is 23.0 Å². The Balaban J connectivity index is 1.70. The molecule has 2 aromatic carbocycles. The zero-order valence-electron chi connectivity index (χ0n) is 32.8. The van der Waals surface area contributed by atoms with E-state index in [4.69, 9.17) is 19.9 Å². The number of nitrogens with zero attached hydrogens (tertiary/aromatic N) is 3. The van der Waals surface area contributed by atoms with Crippen molar-refractivity contribution in [3.05, 3.63) is 65.0 Å². The van der Waals surface area contributed by atoms with Crippen molar-refractivity contribution in [1.29, 1.82) is 0 Å². The van der Waals surface area contributed by atoms with Crippen molar-refractivity contribution < 1.29 is 43.3 Å². The largest absolute Gasteiger partial charge is 0.496 e. The predicted octanol–water partition coefficient (Wildman–Crippen LogP) is 2.28. The van der Waals surface area contributed by atoms with Crippen LogP contribution in [0, 0.1) is 5.92 Å². The minimum Gasteiger partial charge on any atom is -0.496 e. The molecule has 1 aliphatic rings. The highest BCUT2D eigenvalue weighted by Crippen LogP contribution is 2.37. The fraction of sp³-hybridized carbons (Fsp3) is 0.462. The van der Waals surface area contributed by atoms with Crippen molar-refractivity contribution in [2.75, 3.05) is 39.6 Å². The van der Waals surface area contributed by atoms with Gasteiger partial charge in [0, 0.05) is 24.3 Å². The Bertz CT molecular complexity index is 1900. The van der Waals surface area contributed by atoms with Crippen LogP contribution in [0.5, 0.6) is 23.0 Å². The number of carbonyl (C=O) groups excluding carboxylic acids is 5. The summed E-state index contributed by atoms with van der Waals surface area (Å²) in [7, 11) is 2.94. The first-order chi connectivity index (χ1) is 26.6. The van der Waals surface area contributed by atoms with E-state index in [9.17, 15) is 29.1 Å². The van der Waals surface area contributed by atoms with Crippen LogP contribution < -0.4 is 41.2 Å². The van der Waals surface area contributed by atoms with Crippen LogP contribution in [-0.4, -0.2) is 102 Å². The first-order valence-electron chi connectivity index (χ1n) is 18.4. The Morgan fingerprint density at radius 3 is 2.29 bits per heavy atom. The van der Waals surface area contributed by atoms with Crippen LogP contribution in [-0.2, 0) is 20.9 Å². The van der Waals surface area contributed by atoms with Gasteiger partial charge in [-0.3, -0.25) is 24.0 Å². The number of aromatic nitrogens is 2. The lowest BCUT2D eigenvalue weighted by atomic mass is 10.0. The number of nitrogens with one attached hydrogen (secondary N) is 4. The molecule has 56 heavy (non-hydrogen) atoms. The Hall–Kier alpha value is -5.97. The molecule has 2 heterocycles. The summed E-state index contributed by atoms with van der Waals surface area (Å²) < 4.78 is 17.4. The summed E-state index contributed by atoms with van der Waals surface area (Å²) >= 11 is 0. The molecule has 0 aliphatic carbocycles. The molecule has 1 aliphatic heterocycles. The maximum atomic E-state index is 13.8. The molecule has 3 atom stereocenters. The van der Waals surface area contributed by atoms with Gasteiger partial charge in [-0.05, 0) is 68.0 Å². The highest BCUT2D eigenvalue weighted by atomic mass is 16.5. The maximum Gasteiger partial charge on any atom is 0.273 e. The Labute approximate surface area is 326 Å². The topological polar surface area (TPSA) is 236 Å². The second kappa shape index (κ2) is 19.6. The van der Waals surface area contributed by atoms with Gasteiger partial charge in [-0.2, -0.15) is 0 Å². The molecule has 0 spiro atoms. The Morgan fingerprint density at radius 1 is 0.893 bits per heavy atom. The van der Waals surface area contributed by atoms with Crippen molar-refractivity contribution in [2.45, 2.75) is 78.1 Å². The summed E-state index contributed by atoms with van der Waals surface area (Å²) in [4.78, 5) is 77.5. The van der Waals surface area contributed by atoms with Crippen LogP contribution in [0.25, 0.3) is 0 Å². The molecule has 302 valence electrons. The van der Waals surface area contributed by atoms with Crippen LogP contribution in [0.4, 0.5) is 5.95 Å². The summed E-state index contributed by atoms with van der Waals surface area (Å²) in [5.41, 5.74) is 7.19. The van der Waals surface area contributed by atoms with Gasteiger partial charge >= 0.3 is 0 Å². The highest BCUT2D eigenvalue weighted by molar-refractivity contribution is 5.97. The monoisotopic (exact) mass is 776 g/mol. The molecule has 1 aromatic heterocycles. The van der Waals surface area contributed by atoms with Crippen molar-refractivity contribution in [3.63, 3.8) is 0 Å². The molecule has 2 bridgehead atoms. The van der Waals surface area contributed by atoms with Crippen LogP contribution in [0.2, 0.25) is 0 Å². The van der Waals surface area contributed by atoms with Crippen LogP contribution in [0.3, 0.4) is 0 Å². The third kappa shape index (κ3) is 11.1. The van der Waals surface area contributed by atoms with E-state index in [1.165, 1.54) is 38.2 Å². The zero-order valence-corrected chi connectivity index (χ0v) is 32.8. The maximum absolute atomic E-state index is 13.8.